The topological polar surface area (TPSA) is 48.7 Å². The predicted octanol–water partition coefficient (Wildman–Crippen LogP) is 1.89. The molecule has 1 N–H and O–H groups in total. The fourth-order valence-electron chi connectivity index (χ4n) is 1.56. The average molecular weight is 189 g/mol. The highest BCUT2D eigenvalue weighted by atomic mass is 14.9. The Hall–Kier alpha value is -1.40. The van der Waals surface area contributed by atoms with Crippen molar-refractivity contribution < 1.29 is 0 Å². The summed E-state index contributed by atoms with van der Waals surface area (Å²) in [5.41, 5.74) is 0.671. The number of pyridine rings is 1. The van der Waals surface area contributed by atoms with E-state index in [1.807, 2.05) is 33.0 Å². The lowest BCUT2D eigenvalue weighted by molar-refractivity contribution is 0.344. The smallest absolute Gasteiger partial charge is 0.0712 e. The summed E-state index contributed by atoms with van der Waals surface area (Å²) in [7, 11) is 1.87. The van der Waals surface area contributed by atoms with Crippen molar-refractivity contribution in [3.8, 4) is 6.07 Å². The minimum atomic E-state index is -0.421. The molecule has 3 nitrogen and oxygen atoms in total. The van der Waals surface area contributed by atoms with Gasteiger partial charge in [0.15, 0.2) is 0 Å². The van der Waals surface area contributed by atoms with E-state index in [1.165, 1.54) is 0 Å². The van der Waals surface area contributed by atoms with Crippen LogP contribution in [0, 0.1) is 16.7 Å². The zero-order valence-corrected chi connectivity index (χ0v) is 8.78. The zero-order valence-electron chi connectivity index (χ0n) is 8.78. The summed E-state index contributed by atoms with van der Waals surface area (Å²) in [5, 5.41) is 12.2. The van der Waals surface area contributed by atoms with Crippen LogP contribution in [0.2, 0.25) is 0 Å². The zero-order chi connectivity index (χ0) is 10.6. The van der Waals surface area contributed by atoms with E-state index >= 15 is 0 Å². The van der Waals surface area contributed by atoms with Gasteiger partial charge < -0.3 is 5.32 Å². The number of nitrogens with one attached hydrogen (secondary N) is 1. The highest BCUT2D eigenvalue weighted by Gasteiger charge is 2.29. The number of rotatable bonds is 3. The molecule has 0 amide bonds. The van der Waals surface area contributed by atoms with Gasteiger partial charge in [-0.3, -0.25) is 4.98 Å². The lowest BCUT2D eigenvalue weighted by Crippen LogP contribution is -2.30. The molecule has 14 heavy (non-hydrogen) atoms. The molecule has 0 spiro atoms. The number of hydrogen-bond donors (Lipinski definition) is 1. The van der Waals surface area contributed by atoms with Gasteiger partial charge >= 0.3 is 0 Å². The third-order valence-corrected chi connectivity index (χ3v) is 2.34. The van der Waals surface area contributed by atoms with Crippen LogP contribution in [0.25, 0.3) is 0 Å². The maximum absolute atomic E-state index is 9.05. The molecule has 1 unspecified atom stereocenters. The van der Waals surface area contributed by atoms with Crippen molar-refractivity contribution in [1.29, 1.82) is 5.26 Å². The minimum absolute atomic E-state index is 0.0375. The van der Waals surface area contributed by atoms with E-state index in [-0.39, 0.29) is 6.04 Å². The Bertz CT molecular complexity index is 324. The van der Waals surface area contributed by atoms with Crippen LogP contribution in [0.4, 0.5) is 0 Å². The number of nitrogens with zero attached hydrogens (tertiary/aromatic N) is 2. The van der Waals surface area contributed by atoms with Gasteiger partial charge in [-0.25, -0.2) is 0 Å². The molecule has 0 aliphatic carbocycles. The molecule has 74 valence electrons. The SMILES string of the molecule is CNC(c1ccncc1)C(C)(C)C#N. The van der Waals surface area contributed by atoms with Crippen LogP contribution in [0.5, 0.6) is 0 Å². The van der Waals surface area contributed by atoms with E-state index in [0.717, 1.165) is 5.56 Å². The van der Waals surface area contributed by atoms with E-state index in [2.05, 4.69) is 16.4 Å². The normalized spacial score (nSPS) is 13.3. The standard InChI is InChI=1S/C11H15N3/c1-11(2,8-12)10(13-3)9-4-6-14-7-5-9/h4-7,10,13H,1-3H3. The van der Waals surface area contributed by atoms with Gasteiger partial charge in [0, 0.05) is 12.4 Å². The van der Waals surface area contributed by atoms with Crippen molar-refractivity contribution >= 4 is 0 Å². The molecule has 0 aliphatic rings. The maximum Gasteiger partial charge on any atom is 0.0712 e. The molecule has 1 atom stereocenters. The summed E-state index contributed by atoms with van der Waals surface area (Å²) in [6, 6.07) is 6.21. The second-order valence-electron chi connectivity index (χ2n) is 3.84. The van der Waals surface area contributed by atoms with Crippen molar-refractivity contribution in [2.75, 3.05) is 7.05 Å². The Morgan fingerprint density at radius 3 is 2.43 bits per heavy atom. The van der Waals surface area contributed by atoms with Crippen LogP contribution < -0.4 is 5.32 Å². The lowest BCUT2D eigenvalue weighted by atomic mass is 9.82. The monoisotopic (exact) mass is 189 g/mol. The summed E-state index contributed by atoms with van der Waals surface area (Å²) in [6.45, 7) is 3.85. The molecular formula is C11H15N3. The summed E-state index contributed by atoms with van der Waals surface area (Å²) in [5.74, 6) is 0. The first kappa shape index (κ1) is 10.7. The van der Waals surface area contributed by atoms with Crippen LogP contribution in [-0.4, -0.2) is 12.0 Å². The van der Waals surface area contributed by atoms with Crippen molar-refractivity contribution in [2.45, 2.75) is 19.9 Å². The fraction of sp³-hybridized carbons (Fsp3) is 0.455. The molecule has 0 aromatic carbocycles. The van der Waals surface area contributed by atoms with Crippen molar-refractivity contribution in [3.63, 3.8) is 0 Å². The molecule has 0 aliphatic heterocycles. The molecule has 1 aromatic heterocycles. The van der Waals surface area contributed by atoms with Crippen molar-refractivity contribution in [1.82, 2.24) is 10.3 Å². The van der Waals surface area contributed by atoms with E-state index in [1.54, 1.807) is 12.4 Å². The maximum atomic E-state index is 9.05. The number of nitriles is 1. The molecule has 0 bridgehead atoms. The van der Waals surface area contributed by atoms with Crippen LogP contribution in [0.15, 0.2) is 24.5 Å². The van der Waals surface area contributed by atoms with Crippen LogP contribution in [0.1, 0.15) is 25.5 Å². The first-order valence-corrected chi connectivity index (χ1v) is 4.60. The van der Waals surface area contributed by atoms with Crippen LogP contribution >= 0.6 is 0 Å². The third-order valence-electron chi connectivity index (χ3n) is 2.34. The quantitative estimate of drug-likeness (QED) is 0.790. The van der Waals surface area contributed by atoms with Crippen molar-refractivity contribution in [2.24, 2.45) is 5.41 Å². The van der Waals surface area contributed by atoms with Crippen LogP contribution in [-0.2, 0) is 0 Å². The van der Waals surface area contributed by atoms with E-state index < -0.39 is 5.41 Å². The predicted molar refractivity (Wildman–Crippen MR) is 55.4 cm³/mol. The van der Waals surface area contributed by atoms with Gasteiger partial charge in [-0.15, -0.1) is 0 Å². The summed E-state index contributed by atoms with van der Waals surface area (Å²) in [6.07, 6.45) is 3.49. The first-order valence-electron chi connectivity index (χ1n) is 4.60. The number of aromatic nitrogens is 1. The Morgan fingerprint density at radius 2 is 2.00 bits per heavy atom. The molecule has 0 saturated heterocycles. The first-order chi connectivity index (χ1) is 6.61. The molecule has 3 heteroatoms. The van der Waals surface area contributed by atoms with E-state index in [0.29, 0.717) is 0 Å². The largest absolute Gasteiger partial charge is 0.312 e. The van der Waals surface area contributed by atoms with Crippen molar-refractivity contribution in [3.05, 3.63) is 30.1 Å². The Balaban J connectivity index is 3.01. The third kappa shape index (κ3) is 2.09. The molecule has 1 rings (SSSR count). The molecule has 1 aromatic rings. The van der Waals surface area contributed by atoms with Crippen LogP contribution in [0.3, 0.4) is 0 Å². The summed E-state index contributed by atoms with van der Waals surface area (Å²) < 4.78 is 0. The summed E-state index contributed by atoms with van der Waals surface area (Å²) in [4.78, 5) is 3.96. The Kier molecular flexibility index (Phi) is 3.21. The van der Waals surface area contributed by atoms with Gasteiger partial charge in [0.25, 0.3) is 0 Å². The molecule has 0 fully saturated rings. The average Bonchev–Trinajstić information content (AvgIpc) is 2.20. The van der Waals surface area contributed by atoms with Gasteiger partial charge in [-0.1, -0.05) is 0 Å². The lowest BCUT2D eigenvalue weighted by Gasteiger charge is -2.27. The summed E-state index contributed by atoms with van der Waals surface area (Å²) >= 11 is 0. The van der Waals surface area contributed by atoms with Gasteiger partial charge in [0.1, 0.15) is 0 Å². The van der Waals surface area contributed by atoms with Gasteiger partial charge in [0.2, 0.25) is 0 Å². The van der Waals surface area contributed by atoms with Gasteiger partial charge in [-0.05, 0) is 38.6 Å². The molecular weight excluding hydrogens is 174 g/mol. The highest BCUT2D eigenvalue weighted by Crippen LogP contribution is 2.31. The van der Waals surface area contributed by atoms with Gasteiger partial charge in [-0.2, -0.15) is 5.26 Å². The molecule has 0 saturated carbocycles. The molecule has 1 heterocycles. The van der Waals surface area contributed by atoms with E-state index in [9.17, 15) is 0 Å². The second kappa shape index (κ2) is 4.21. The fourth-order valence-corrected chi connectivity index (χ4v) is 1.56. The molecule has 0 radical (unpaired) electrons. The van der Waals surface area contributed by atoms with Gasteiger partial charge in [0.05, 0.1) is 17.5 Å². The minimum Gasteiger partial charge on any atom is -0.312 e. The Labute approximate surface area is 84.8 Å². The second-order valence-corrected chi connectivity index (χ2v) is 3.84. The number of hydrogen-bond acceptors (Lipinski definition) is 3. The van der Waals surface area contributed by atoms with E-state index in [4.69, 9.17) is 5.26 Å². The Morgan fingerprint density at radius 1 is 1.43 bits per heavy atom. The highest BCUT2D eigenvalue weighted by molar-refractivity contribution is 5.20.